The average Bonchev–Trinajstić information content (AvgIpc) is 2.91. The second-order valence-electron chi connectivity index (χ2n) is 6.01. The van der Waals surface area contributed by atoms with E-state index in [4.69, 9.17) is 0 Å². The molecule has 1 aromatic heterocycles. The lowest BCUT2D eigenvalue weighted by atomic mass is 10.1. The maximum atomic E-state index is 12.6. The van der Waals surface area contributed by atoms with Crippen molar-refractivity contribution < 1.29 is 4.79 Å². The smallest absolute Gasteiger partial charge is 0.244 e. The topological polar surface area (TPSA) is 34.0 Å². The van der Waals surface area contributed by atoms with Crippen LogP contribution in [0.1, 0.15) is 5.69 Å². The summed E-state index contributed by atoms with van der Waals surface area (Å²) in [5, 5.41) is 6.40. The summed E-state index contributed by atoms with van der Waals surface area (Å²) in [4.78, 5) is 12.6. The molecule has 4 rings (SSSR count). The lowest BCUT2D eigenvalue weighted by Crippen LogP contribution is -2.19. The van der Waals surface area contributed by atoms with Crippen molar-refractivity contribution in [3.63, 3.8) is 0 Å². The van der Waals surface area contributed by atoms with Gasteiger partial charge >= 0.3 is 0 Å². The fourth-order valence-corrected chi connectivity index (χ4v) is 3.23. The largest absolute Gasteiger partial charge is 0.335 e. The predicted octanol–water partition coefficient (Wildman–Crippen LogP) is 4.74. The SMILES string of the molecule is Cc1cc2ccccc2n1CC(=O)Nc1cccc2ccccc12. The van der Waals surface area contributed by atoms with E-state index in [2.05, 4.69) is 34.1 Å². The van der Waals surface area contributed by atoms with Gasteiger partial charge in [0.1, 0.15) is 6.54 Å². The maximum absolute atomic E-state index is 12.6. The van der Waals surface area contributed by atoms with Crippen LogP contribution in [0.25, 0.3) is 21.7 Å². The van der Waals surface area contributed by atoms with Gasteiger partial charge in [0.25, 0.3) is 0 Å². The van der Waals surface area contributed by atoms with Crippen molar-refractivity contribution in [2.45, 2.75) is 13.5 Å². The molecule has 0 unspecified atom stereocenters. The number of aryl methyl sites for hydroxylation is 1. The Hall–Kier alpha value is -3.07. The van der Waals surface area contributed by atoms with E-state index in [9.17, 15) is 4.79 Å². The van der Waals surface area contributed by atoms with Gasteiger partial charge in [0.2, 0.25) is 5.91 Å². The summed E-state index contributed by atoms with van der Waals surface area (Å²) in [6, 6.07) is 24.3. The summed E-state index contributed by atoms with van der Waals surface area (Å²) in [6.07, 6.45) is 0. The molecule has 3 nitrogen and oxygen atoms in total. The standard InChI is InChI=1S/C21H18N2O/c1-15-13-17-8-3-5-12-20(17)23(15)14-21(24)22-19-11-6-9-16-7-2-4-10-18(16)19/h2-13H,14H2,1H3,(H,22,24). The second-order valence-corrected chi connectivity index (χ2v) is 6.01. The van der Waals surface area contributed by atoms with Gasteiger partial charge in [-0.1, -0.05) is 54.6 Å². The lowest BCUT2D eigenvalue weighted by molar-refractivity contribution is -0.116. The zero-order valence-electron chi connectivity index (χ0n) is 13.5. The van der Waals surface area contributed by atoms with Crippen molar-refractivity contribution in [1.82, 2.24) is 4.57 Å². The minimum atomic E-state index is -0.0178. The Balaban J connectivity index is 1.63. The van der Waals surface area contributed by atoms with Crippen LogP contribution in [0.4, 0.5) is 5.69 Å². The normalized spacial score (nSPS) is 11.0. The molecule has 1 N–H and O–H groups in total. The molecule has 0 fully saturated rings. The highest BCUT2D eigenvalue weighted by Gasteiger charge is 2.10. The van der Waals surface area contributed by atoms with Crippen LogP contribution in [-0.2, 0) is 11.3 Å². The van der Waals surface area contributed by atoms with Gasteiger partial charge in [-0.15, -0.1) is 0 Å². The van der Waals surface area contributed by atoms with E-state index < -0.39 is 0 Å². The molecule has 4 aromatic rings. The molecule has 0 aliphatic rings. The third-order valence-electron chi connectivity index (χ3n) is 4.38. The monoisotopic (exact) mass is 314 g/mol. The number of benzene rings is 3. The van der Waals surface area contributed by atoms with Gasteiger partial charge in [-0.2, -0.15) is 0 Å². The quantitative estimate of drug-likeness (QED) is 0.582. The molecule has 0 saturated carbocycles. The van der Waals surface area contributed by atoms with Crippen LogP contribution in [0.2, 0.25) is 0 Å². The summed E-state index contributed by atoms with van der Waals surface area (Å²) >= 11 is 0. The predicted molar refractivity (Wildman–Crippen MR) is 99.3 cm³/mol. The van der Waals surface area contributed by atoms with Crippen molar-refractivity contribution in [3.8, 4) is 0 Å². The van der Waals surface area contributed by atoms with E-state index in [0.29, 0.717) is 6.54 Å². The number of nitrogens with one attached hydrogen (secondary N) is 1. The molecule has 0 saturated heterocycles. The maximum Gasteiger partial charge on any atom is 0.244 e. The summed E-state index contributed by atoms with van der Waals surface area (Å²) in [5.74, 6) is -0.0178. The molecular weight excluding hydrogens is 296 g/mol. The van der Waals surface area contributed by atoms with Crippen molar-refractivity contribution >= 4 is 33.3 Å². The minimum absolute atomic E-state index is 0.0178. The van der Waals surface area contributed by atoms with Crippen LogP contribution in [0, 0.1) is 6.92 Å². The fourth-order valence-electron chi connectivity index (χ4n) is 3.23. The molecule has 1 amide bonds. The Labute approximate surface area is 140 Å². The van der Waals surface area contributed by atoms with Gasteiger partial charge in [0.05, 0.1) is 0 Å². The number of nitrogens with zero attached hydrogens (tertiary/aromatic N) is 1. The molecule has 0 aliphatic carbocycles. The zero-order valence-corrected chi connectivity index (χ0v) is 13.5. The number of carbonyl (C=O) groups excluding carboxylic acids is 1. The Kier molecular flexibility index (Phi) is 3.54. The van der Waals surface area contributed by atoms with Crippen LogP contribution in [-0.4, -0.2) is 10.5 Å². The van der Waals surface area contributed by atoms with E-state index in [1.807, 2.05) is 55.5 Å². The highest BCUT2D eigenvalue weighted by Crippen LogP contribution is 2.23. The highest BCUT2D eigenvalue weighted by atomic mass is 16.1. The van der Waals surface area contributed by atoms with E-state index in [1.165, 1.54) is 0 Å². The summed E-state index contributed by atoms with van der Waals surface area (Å²) in [6.45, 7) is 2.34. The van der Waals surface area contributed by atoms with E-state index in [0.717, 1.165) is 33.1 Å². The Morgan fingerprint density at radius 3 is 2.50 bits per heavy atom. The molecule has 118 valence electrons. The van der Waals surface area contributed by atoms with Gasteiger partial charge in [0.15, 0.2) is 0 Å². The third kappa shape index (κ3) is 2.54. The fraction of sp³-hybridized carbons (Fsp3) is 0.0952. The first-order valence-electron chi connectivity index (χ1n) is 8.05. The number of para-hydroxylation sites is 1. The Morgan fingerprint density at radius 1 is 0.917 bits per heavy atom. The third-order valence-corrected chi connectivity index (χ3v) is 4.38. The molecular formula is C21H18N2O. The molecule has 0 radical (unpaired) electrons. The van der Waals surface area contributed by atoms with Crippen LogP contribution < -0.4 is 5.32 Å². The number of aromatic nitrogens is 1. The van der Waals surface area contributed by atoms with Crippen LogP contribution in [0.15, 0.2) is 72.8 Å². The van der Waals surface area contributed by atoms with Crippen molar-refractivity contribution in [2.75, 3.05) is 5.32 Å². The molecule has 0 spiro atoms. The van der Waals surface area contributed by atoms with Crippen LogP contribution >= 0.6 is 0 Å². The second kappa shape index (κ2) is 5.85. The van der Waals surface area contributed by atoms with Crippen molar-refractivity contribution in [3.05, 3.63) is 78.5 Å². The van der Waals surface area contributed by atoms with Gasteiger partial charge < -0.3 is 9.88 Å². The zero-order chi connectivity index (χ0) is 16.5. The lowest BCUT2D eigenvalue weighted by Gasteiger charge is -2.11. The first-order valence-corrected chi connectivity index (χ1v) is 8.05. The van der Waals surface area contributed by atoms with Crippen molar-refractivity contribution in [1.29, 1.82) is 0 Å². The van der Waals surface area contributed by atoms with Gasteiger partial charge in [-0.05, 0) is 35.9 Å². The number of anilines is 1. The minimum Gasteiger partial charge on any atom is -0.335 e. The van der Waals surface area contributed by atoms with Crippen LogP contribution in [0.5, 0.6) is 0 Å². The number of hydrogen-bond donors (Lipinski definition) is 1. The van der Waals surface area contributed by atoms with E-state index in [-0.39, 0.29) is 5.91 Å². The van der Waals surface area contributed by atoms with E-state index in [1.54, 1.807) is 0 Å². The van der Waals surface area contributed by atoms with Crippen molar-refractivity contribution in [2.24, 2.45) is 0 Å². The van der Waals surface area contributed by atoms with Gasteiger partial charge in [0, 0.05) is 22.3 Å². The first kappa shape index (κ1) is 14.5. The molecule has 24 heavy (non-hydrogen) atoms. The first-order chi connectivity index (χ1) is 11.7. The molecule has 0 bridgehead atoms. The van der Waals surface area contributed by atoms with Crippen LogP contribution in [0.3, 0.4) is 0 Å². The number of hydrogen-bond acceptors (Lipinski definition) is 1. The molecule has 0 aliphatic heterocycles. The number of rotatable bonds is 3. The Bertz CT molecular complexity index is 1040. The van der Waals surface area contributed by atoms with Gasteiger partial charge in [-0.25, -0.2) is 0 Å². The number of carbonyl (C=O) groups is 1. The molecule has 0 atom stereocenters. The average molecular weight is 314 g/mol. The van der Waals surface area contributed by atoms with E-state index >= 15 is 0 Å². The Morgan fingerprint density at radius 2 is 1.62 bits per heavy atom. The summed E-state index contributed by atoms with van der Waals surface area (Å²) < 4.78 is 2.05. The number of fused-ring (bicyclic) bond motifs is 2. The summed E-state index contributed by atoms with van der Waals surface area (Å²) in [7, 11) is 0. The highest BCUT2D eigenvalue weighted by molar-refractivity contribution is 6.02. The molecule has 3 heteroatoms. The summed E-state index contributed by atoms with van der Waals surface area (Å²) in [5.41, 5.74) is 3.03. The van der Waals surface area contributed by atoms with Gasteiger partial charge in [-0.3, -0.25) is 4.79 Å². The molecule has 3 aromatic carbocycles. The number of amides is 1. The molecule has 1 heterocycles.